The minimum atomic E-state index is -0.000463. The molecular formula is C36H20BN3PdS. The van der Waals surface area contributed by atoms with Gasteiger partial charge < -0.3 is 9.79 Å². The zero-order valence-corrected chi connectivity index (χ0v) is 24.6. The SMILES string of the molecule is [Pd+2].[c-]1c(-c2ccccn2)ccc2c1N1B(c3ccccc3-2)c2ccccc2-c2ccc(-c3nc4ccccc4s3)[c-]c21. The second-order valence-electron chi connectivity index (χ2n) is 10.4. The molecular weight excluding hydrogens is 624 g/mol. The monoisotopic (exact) mass is 643 g/mol. The Morgan fingerprint density at radius 1 is 0.595 bits per heavy atom. The van der Waals surface area contributed by atoms with Crippen molar-refractivity contribution >= 4 is 50.7 Å². The molecule has 0 saturated carbocycles. The Hall–Kier alpha value is -4.33. The molecule has 0 radical (unpaired) electrons. The van der Waals surface area contributed by atoms with Crippen molar-refractivity contribution in [1.82, 2.24) is 9.97 Å². The van der Waals surface area contributed by atoms with Crippen LogP contribution in [0.1, 0.15) is 0 Å². The van der Waals surface area contributed by atoms with Crippen molar-refractivity contribution in [2.45, 2.75) is 0 Å². The van der Waals surface area contributed by atoms with Gasteiger partial charge in [0.1, 0.15) is 0 Å². The fourth-order valence-corrected chi connectivity index (χ4v) is 7.29. The van der Waals surface area contributed by atoms with Crippen molar-refractivity contribution in [3.63, 3.8) is 0 Å². The molecule has 0 amide bonds. The molecule has 2 aliphatic rings. The molecule has 0 spiro atoms. The van der Waals surface area contributed by atoms with Gasteiger partial charge in [-0.25, -0.2) is 0 Å². The Morgan fingerprint density at radius 3 is 1.90 bits per heavy atom. The Bertz CT molecular complexity index is 2110. The van der Waals surface area contributed by atoms with Crippen LogP contribution in [0.2, 0.25) is 0 Å². The summed E-state index contributed by atoms with van der Waals surface area (Å²) in [5.74, 6) is 0. The average Bonchev–Trinajstić information content (AvgIpc) is 3.49. The van der Waals surface area contributed by atoms with Gasteiger partial charge in [0.15, 0.2) is 0 Å². The van der Waals surface area contributed by atoms with E-state index in [0.717, 1.165) is 38.7 Å². The summed E-state index contributed by atoms with van der Waals surface area (Å²) in [6.45, 7) is -0.000463. The Morgan fingerprint density at radius 2 is 1.21 bits per heavy atom. The number of rotatable bonds is 2. The molecule has 2 aliphatic heterocycles. The summed E-state index contributed by atoms with van der Waals surface area (Å²) in [7, 11) is 0. The fourth-order valence-electron chi connectivity index (χ4n) is 6.34. The van der Waals surface area contributed by atoms with Gasteiger partial charge in [0.2, 0.25) is 0 Å². The van der Waals surface area contributed by atoms with Crippen LogP contribution in [0, 0.1) is 12.1 Å². The van der Waals surface area contributed by atoms with Gasteiger partial charge in [-0.3, -0.25) is 4.98 Å². The molecule has 5 aromatic carbocycles. The van der Waals surface area contributed by atoms with E-state index in [1.165, 1.54) is 37.9 Å². The summed E-state index contributed by atoms with van der Waals surface area (Å²) in [4.78, 5) is 12.0. The topological polar surface area (TPSA) is 29.0 Å². The molecule has 4 heterocycles. The van der Waals surface area contributed by atoms with Crippen LogP contribution in [0.15, 0.2) is 121 Å². The van der Waals surface area contributed by atoms with Gasteiger partial charge in [0.25, 0.3) is 0 Å². The number of hydrogen-bond acceptors (Lipinski definition) is 4. The van der Waals surface area contributed by atoms with Gasteiger partial charge >= 0.3 is 27.3 Å². The van der Waals surface area contributed by atoms with Crippen molar-refractivity contribution < 1.29 is 20.4 Å². The van der Waals surface area contributed by atoms with Crippen LogP contribution >= 0.6 is 11.3 Å². The molecule has 0 unspecified atom stereocenters. The molecule has 0 aliphatic carbocycles. The number of pyridine rings is 1. The number of aromatic nitrogens is 2. The summed E-state index contributed by atoms with van der Waals surface area (Å²) in [5.41, 5.74) is 13.4. The third kappa shape index (κ3) is 3.77. The molecule has 0 atom stereocenters. The first kappa shape index (κ1) is 25.4. The van der Waals surface area contributed by atoms with E-state index in [0.29, 0.717) is 0 Å². The smallest absolute Gasteiger partial charge is 0.407 e. The fraction of sp³-hybridized carbons (Fsp3) is 0. The third-order valence-corrected chi connectivity index (χ3v) is 9.22. The first-order valence-corrected chi connectivity index (χ1v) is 14.5. The molecule has 198 valence electrons. The number of hydrogen-bond donors (Lipinski definition) is 0. The van der Waals surface area contributed by atoms with Crippen molar-refractivity contribution in [2.75, 3.05) is 4.81 Å². The minimum absolute atomic E-state index is 0. The van der Waals surface area contributed by atoms with E-state index in [1.54, 1.807) is 11.3 Å². The number of para-hydroxylation sites is 1. The number of nitrogens with zero attached hydrogens (tertiary/aromatic N) is 3. The quantitative estimate of drug-likeness (QED) is 0.144. The van der Waals surface area contributed by atoms with Crippen molar-refractivity contribution in [1.29, 1.82) is 0 Å². The van der Waals surface area contributed by atoms with Crippen LogP contribution in [0.3, 0.4) is 0 Å². The van der Waals surface area contributed by atoms with Gasteiger partial charge in [-0.15, -0.1) is 47.5 Å². The number of anilines is 2. The normalized spacial score (nSPS) is 12.5. The Kier molecular flexibility index (Phi) is 5.98. The van der Waals surface area contributed by atoms with Crippen molar-refractivity contribution in [3.05, 3.63) is 134 Å². The maximum absolute atomic E-state index is 4.97. The van der Waals surface area contributed by atoms with Crippen LogP contribution in [0.5, 0.6) is 0 Å². The molecule has 0 fully saturated rings. The zero-order chi connectivity index (χ0) is 26.9. The maximum Gasteiger partial charge on any atom is 2.00 e. The number of benzene rings is 5. The van der Waals surface area contributed by atoms with Crippen molar-refractivity contribution in [2.24, 2.45) is 0 Å². The van der Waals surface area contributed by atoms with Crippen LogP contribution in [0.4, 0.5) is 11.4 Å². The number of fused-ring (bicyclic) bond motifs is 12. The van der Waals surface area contributed by atoms with Gasteiger partial charge in [0, 0.05) is 15.9 Å². The van der Waals surface area contributed by atoms with Gasteiger partial charge in [0.05, 0.1) is 5.52 Å². The first-order chi connectivity index (χ1) is 20.3. The molecule has 42 heavy (non-hydrogen) atoms. The van der Waals surface area contributed by atoms with E-state index in [1.807, 2.05) is 30.5 Å². The molecule has 2 aromatic heterocycles. The second-order valence-corrected chi connectivity index (χ2v) is 11.4. The standard InChI is InChI=1S/C36H20BN3S.Pd/c1-3-11-29-25(9-1)27-18-16-23(31-13-7-8-20-38-31)21-33(27)40-34-22-24(36-39-32-14-5-6-15-35(32)41-36)17-19-28(34)26-10-2-4-12-30(26)37(29)40;/h1-20H;/q-2;+2. The third-order valence-electron chi connectivity index (χ3n) is 8.15. The summed E-state index contributed by atoms with van der Waals surface area (Å²) in [5, 5.41) is 0.980. The van der Waals surface area contributed by atoms with Crippen molar-refractivity contribution in [3.8, 4) is 44.1 Å². The summed E-state index contributed by atoms with van der Waals surface area (Å²) in [6.07, 6.45) is 1.84. The first-order valence-electron chi connectivity index (χ1n) is 13.7. The zero-order valence-electron chi connectivity index (χ0n) is 22.2. The van der Waals surface area contributed by atoms with Crippen LogP contribution < -0.4 is 15.7 Å². The van der Waals surface area contributed by atoms with E-state index < -0.39 is 0 Å². The summed E-state index contributed by atoms with van der Waals surface area (Å²) >= 11 is 1.71. The van der Waals surface area contributed by atoms with E-state index >= 15 is 0 Å². The van der Waals surface area contributed by atoms with E-state index in [9.17, 15) is 0 Å². The molecule has 9 rings (SSSR count). The molecule has 7 aromatic rings. The predicted octanol–water partition coefficient (Wildman–Crippen LogP) is 7.53. The van der Waals surface area contributed by atoms with E-state index in [-0.39, 0.29) is 27.3 Å². The molecule has 0 saturated heterocycles. The summed E-state index contributed by atoms with van der Waals surface area (Å²) in [6, 6.07) is 48.3. The van der Waals surface area contributed by atoms with E-state index in [2.05, 4.69) is 113 Å². The van der Waals surface area contributed by atoms with E-state index in [4.69, 9.17) is 4.98 Å². The predicted molar refractivity (Wildman–Crippen MR) is 170 cm³/mol. The largest absolute Gasteiger partial charge is 2.00 e. The number of thiazole rings is 1. The maximum atomic E-state index is 4.97. The Labute approximate surface area is 262 Å². The van der Waals surface area contributed by atoms with Crippen LogP contribution in [0.25, 0.3) is 54.3 Å². The molecule has 6 heteroatoms. The second kappa shape index (κ2) is 9.89. The molecule has 0 bridgehead atoms. The molecule has 3 nitrogen and oxygen atoms in total. The average molecular weight is 644 g/mol. The Balaban J connectivity index is 0.00000267. The van der Waals surface area contributed by atoms with Gasteiger partial charge in [-0.2, -0.15) is 11.3 Å². The van der Waals surface area contributed by atoms with Crippen LogP contribution in [-0.2, 0) is 20.4 Å². The molecule has 0 N–H and O–H groups in total. The minimum Gasteiger partial charge on any atom is -0.407 e. The summed E-state index contributed by atoms with van der Waals surface area (Å²) < 4.78 is 1.18. The van der Waals surface area contributed by atoms with Gasteiger partial charge in [-0.05, 0) is 23.9 Å². The van der Waals surface area contributed by atoms with Gasteiger partial charge in [-0.1, -0.05) is 117 Å². The van der Waals surface area contributed by atoms with Crippen LogP contribution in [-0.4, -0.2) is 16.8 Å².